The molecule has 0 spiro atoms. The second-order valence-corrected chi connectivity index (χ2v) is 9.20. The van der Waals surface area contributed by atoms with Gasteiger partial charge in [-0.2, -0.15) is 5.10 Å². The van der Waals surface area contributed by atoms with E-state index in [1.54, 1.807) is 36.9 Å². The van der Waals surface area contributed by atoms with E-state index in [0.29, 0.717) is 6.04 Å². The summed E-state index contributed by atoms with van der Waals surface area (Å²) in [5, 5.41) is 9.07. The second-order valence-electron chi connectivity index (χ2n) is 7.41. The van der Waals surface area contributed by atoms with Gasteiger partial charge < -0.3 is 9.47 Å². The van der Waals surface area contributed by atoms with Gasteiger partial charge in [0.15, 0.2) is 0 Å². The number of hydrogen-bond acceptors (Lipinski definition) is 6. The lowest BCUT2D eigenvalue weighted by Gasteiger charge is -2.17. The Morgan fingerprint density at radius 2 is 1.90 bits per heavy atom. The number of methoxy groups -OCH3 is 2. The maximum absolute atomic E-state index is 5.66. The summed E-state index contributed by atoms with van der Waals surface area (Å²) in [6, 6.07) is 8.37. The molecule has 0 saturated heterocycles. The lowest BCUT2D eigenvalue weighted by Crippen LogP contribution is -2.19. The van der Waals surface area contributed by atoms with Gasteiger partial charge in [0.05, 0.1) is 37.0 Å². The molecule has 1 aliphatic carbocycles. The van der Waals surface area contributed by atoms with Crippen LogP contribution in [0.4, 0.5) is 0 Å². The number of nitrogens with zero attached hydrogens (tertiary/aromatic N) is 3. The zero-order chi connectivity index (χ0) is 20.9. The standard InChI is InChI=1S/C23H27N3O2S2/c1-16-11-12-29-22(16)14-24-26-20(19-10-9-18(27-2)13-21(19)28-3)15-30-23(26)25-17-7-5-4-6-8-17/h9-15,17H,4-8H2,1-3H3. The maximum Gasteiger partial charge on any atom is 0.206 e. The van der Waals surface area contributed by atoms with Gasteiger partial charge in [0.2, 0.25) is 4.80 Å². The Hall–Kier alpha value is -2.38. The van der Waals surface area contributed by atoms with Crippen molar-refractivity contribution in [2.24, 2.45) is 10.1 Å². The Labute approximate surface area is 185 Å². The molecule has 0 radical (unpaired) electrons. The lowest BCUT2D eigenvalue weighted by molar-refractivity contribution is 0.395. The first-order chi connectivity index (χ1) is 14.7. The largest absolute Gasteiger partial charge is 0.497 e. The zero-order valence-electron chi connectivity index (χ0n) is 17.6. The van der Waals surface area contributed by atoms with Crippen LogP contribution in [0, 0.1) is 6.92 Å². The molecule has 1 aromatic carbocycles. The van der Waals surface area contributed by atoms with E-state index in [4.69, 9.17) is 19.6 Å². The number of hydrogen-bond donors (Lipinski definition) is 0. The monoisotopic (exact) mass is 441 g/mol. The van der Waals surface area contributed by atoms with E-state index < -0.39 is 0 Å². The summed E-state index contributed by atoms with van der Waals surface area (Å²) in [7, 11) is 3.34. The van der Waals surface area contributed by atoms with E-state index in [9.17, 15) is 0 Å². The molecule has 1 aliphatic rings. The fourth-order valence-corrected chi connectivity index (χ4v) is 5.37. The van der Waals surface area contributed by atoms with Crippen LogP contribution in [0.5, 0.6) is 11.5 Å². The van der Waals surface area contributed by atoms with E-state index in [1.165, 1.54) is 24.8 Å². The van der Waals surface area contributed by atoms with Crippen molar-refractivity contribution >= 4 is 28.9 Å². The van der Waals surface area contributed by atoms with E-state index in [-0.39, 0.29) is 0 Å². The van der Waals surface area contributed by atoms with Crippen LogP contribution in [0.1, 0.15) is 42.5 Å². The molecule has 3 aromatic rings. The predicted molar refractivity (Wildman–Crippen MR) is 125 cm³/mol. The third kappa shape index (κ3) is 4.52. The van der Waals surface area contributed by atoms with Crippen molar-refractivity contribution in [3.8, 4) is 22.8 Å². The maximum atomic E-state index is 5.66. The van der Waals surface area contributed by atoms with Crippen LogP contribution in [-0.4, -0.2) is 31.2 Å². The summed E-state index contributed by atoms with van der Waals surface area (Å²) in [6.07, 6.45) is 8.10. The van der Waals surface area contributed by atoms with Crippen molar-refractivity contribution in [1.82, 2.24) is 4.68 Å². The van der Waals surface area contributed by atoms with Gasteiger partial charge in [-0.15, -0.1) is 22.7 Å². The molecule has 0 N–H and O–H groups in total. The third-order valence-electron chi connectivity index (χ3n) is 5.43. The van der Waals surface area contributed by atoms with Crippen molar-refractivity contribution in [2.45, 2.75) is 45.1 Å². The molecule has 2 heterocycles. The van der Waals surface area contributed by atoms with Crippen molar-refractivity contribution in [3.63, 3.8) is 0 Å². The zero-order valence-corrected chi connectivity index (χ0v) is 19.3. The Bertz CT molecular complexity index is 1090. The summed E-state index contributed by atoms with van der Waals surface area (Å²) >= 11 is 3.33. The minimum Gasteiger partial charge on any atom is -0.497 e. The van der Waals surface area contributed by atoms with Crippen molar-refractivity contribution in [1.29, 1.82) is 0 Å². The fraction of sp³-hybridized carbons (Fsp3) is 0.391. The number of benzene rings is 1. The molecule has 30 heavy (non-hydrogen) atoms. The van der Waals surface area contributed by atoms with Crippen LogP contribution in [0.2, 0.25) is 0 Å². The quantitative estimate of drug-likeness (QED) is 0.459. The number of aromatic nitrogens is 1. The number of aryl methyl sites for hydroxylation is 1. The predicted octanol–water partition coefficient (Wildman–Crippen LogP) is 5.72. The van der Waals surface area contributed by atoms with E-state index in [0.717, 1.165) is 45.3 Å². The number of rotatable bonds is 6. The van der Waals surface area contributed by atoms with E-state index in [2.05, 4.69) is 23.8 Å². The SMILES string of the molecule is COc1ccc(-c2csc(=NC3CCCCC3)n2N=Cc2sccc2C)c(OC)c1. The molecular formula is C23H27N3O2S2. The van der Waals surface area contributed by atoms with Crippen molar-refractivity contribution in [2.75, 3.05) is 14.2 Å². The summed E-state index contributed by atoms with van der Waals surface area (Å²) in [4.78, 5) is 7.17. The van der Waals surface area contributed by atoms with Gasteiger partial charge in [0.25, 0.3) is 0 Å². The Balaban J connectivity index is 1.81. The van der Waals surface area contributed by atoms with Gasteiger partial charge >= 0.3 is 0 Å². The highest BCUT2D eigenvalue weighted by molar-refractivity contribution is 7.11. The molecule has 7 heteroatoms. The van der Waals surface area contributed by atoms with Crippen LogP contribution in [-0.2, 0) is 0 Å². The first kappa shape index (κ1) is 20.9. The Morgan fingerprint density at radius 3 is 2.60 bits per heavy atom. The summed E-state index contributed by atoms with van der Waals surface area (Å²) in [5.74, 6) is 1.52. The molecule has 0 atom stereocenters. The minimum absolute atomic E-state index is 0.382. The van der Waals surface area contributed by atoms with Crippen LogP contribution in [0.25, 0.3) is 11.3 Å². The van der Waals surface area contributed by atoms with Gasteiger partial charge in [0, 0.05) is 17.0 Å². The molecule has 0 amide bonds. The molecule has 1 saturated carbocycles. The Morgan fingerprint density at radius 1 is 1.07 bits per heavy atom. The molecule has 158 valence electrons. The number of ether oxygens (including phenoxy) is 2. The van der Waals surface area contributed by atoms with Gasteiger partial charge in [0.1, 0.15) is 11.5 Å². The lowest BCUT2D eigenvalue weighted by atomic mass is 9.96. The van der Waals surface area contributed by atoms with Crippen molar-refractivity contribution < 1.29 is 9.47 Å². The van der Waals surface area contributed by atoms with Gasteiger partial charge in [-0.1, -0.05) is 19.3 Å². The molecule has 0 aliphatic heterocycles. The Kier molecular flexibility index (Phi) is 6.69. The number of thiophene rings is 1. The van der Waals surface area contributed by atoms with E-state index in [1.807, 2.05) is 29.1 Å². The van der Waals surface area contributed by atoms with Crippen LogP contribution < -0.4 is 14.3 Å². The van der Waals surface area contributed by atoms with E-state index >= 15 is 0 Å². The first-order valence-electron chi connectivity index (χ1n) is 10.2. The minimum atomic E-state index is 0.382. The van der Waals surface area contributed by atoms with Gasteiger partial charge in [-0.3, -0.25) is 4.99 Å². The summed E-state index contributed by atoms with van der Waals surface area (Å²) in [6.45, 7) is 2.11. The highest BCUT2D eigenvalue weighted by atomic mass is 32.1. The van der Waals surface area contributed by atoms with Gasteiger partial charge in [-0.25, -0.2) is 4.68 Å². The number of thiazole rings is 1. The van der Waals surface area contributed by atoms with Crippen LogP contribution in [0.3, 0.4) is 0 Å². The normalized spacial score (nSPS) is 15.8. The highest BCUT2D eigenvalue weighted by Gasteiger charge is 2.16. The average Bonchev–Trinajstić information content (AvgIpc) is 3.38. The van der Waals surface area contributed by atoms with Crippen LogP contribution in [0.15, 0.2) is 45.1 Å². The molecule has 1 fully saturated rings. The second kappa shape index (κ2) is 9.62. The summed E-state index contributed by atoms with van der Waals surface area (Å²) < 4.78 is 13.0. The fourth-order valence-electron chi connectivity index (χ4n) is 3.69. The summed E-state index contributed by atoms with van der Waals surface area (Å²) in [5.41, 5.74) is 3.17. The topological polar surface area (TPSA) is 48.1 Å². The molecule has 4 rings (SSSR count). The molecule has 0 unspecified atom stereocenters. The molecule has 2 aromatic heterocycles. The smallest absolute Gasteiger partial charge is 0.206 e. The van der Waals surface area contributed by atoms with Gasteiger partial charge in [-0.05, 0) is 48.9 Å². The molecular weight excluding hydrogens is 414 g/mol. The first-order valence-corrected chi connectivity index (χ1v) is 12.0. The molecule has 0 bridgehead atoms. The van der Waals surface area contributed by atoms with Crippen LogP contribution >= 0.6 is 22.7 Å². The average molecular weight is 442 g/mol. The van der Waals surface area contributed by atoms with Crippen molar-refractivity contribution in [3.05, 3.63) is 50.3 Å². The molecule has 5 nitrogen and oxygen atoms in total. The third-order valence-corrected chi connectivity index (χ3v) is 7.21. The highest BCUT2D eigenvalue weighted by Crippen LogP contribution is 2.33.